The van der Waals surface area contributed by atoms with Crippen LogP contribution in [-0.4, -0.2) is 0 Å². The molecule has 0 atom stereocenters. The molecule has 0 saturated carbocycles. The van der Waals surface area contributed by atoms with Crippen molar-refractivity contribution in [3.8, 4) is 0 Å². The van der Waals surface area contributed by atoms with E-state index in [1.807, 2.05) is 0 Å². The molecule has 0 fully saturated rings. The van der Waals surface area contributed by atoms with Gasteiger partial charge in [0.25, 0.3) is 0 Å². The zero-order valence-electron chi connectivity index (χ0n) is 4.91. The Morgan fingerprint density at radius 3 is 2.00 bits per heavy atom. The van der Waals surface area contributed by atoms with Crippen LogP contribution in [0.2, 0.25) is 0 Å². The lowest BCUT2D eigenvalue weighted by molar-refractivity contribution is 0.555. The second-order valence-corrected chi connectivity index (χ2v) is 1.38. The minimum Gasteiger partial charge on any atom is -0.209 e. The molecule has 8 heavy (non-hydrogen) atoms. The highest BCUT2D eigenvalue weighted by Crippen LogP contribution is 2.06. The van der Waals surface area contributed by atoms with Gasteiger partial charge in [0.1, 0.15) is 5.83 Å². The van der Waals surface area contributed by atoms with Crippen molar-refractivity contribution in [1.82, 2.24) is 0 Å². The van der Waals surface area contributed by atoms with Crippen LogP contribution < -0.4 is 0 Å². The van der Waals surface area contributed by atoms with Crippen LogP contribution in [0.25, 0.3) is 0 Å². The van der Waals surface area contributed by atoms with Gasteiger partial charge in [-0.25, -0.2) is 8.78 Å². The lowest BCUT2D eigenvalue weighted by atomic mass is 10.4. The fourth-order valence-corrected chi connectivity index (χ4v) is 0.261. The molecule has 0 rings (SSSR count). The van der Waals surface area contributed by atoms with Crippen molar-refractivity contribution >= 4 is 0 Å². The molecule has 0 aliphatic rings. The van der Waals surface area contributed by atoms with Crippen molar-refractivity contribution in [2.45, 2.75) is 13.8 Å². The number of allylic oxidation sites excluding steroid dienone is 4. The highest BCUT2D eigenvalue weighted by Gasteiger charge is 1.91. The van der Waals surface area contributed by atoms with Gasteiger partial charge in [0, 0.05) is 0 Å². The van der Waals surface area contributed by atoms with Crippen LogP contribution in [0.3, 0.4) is 0 Å². The van der Waals surface area contributed by atoms with Crippen LogP contribution in [-0.2, 0) is 0 Å². The quantitative estimate of drug-likeness (QED) is 0.464. The van der Waals surface area contributed by atoms with E-state index in [9.17, 15) is 8.78 Å². The highest BCUT2D eigenvalue weighted by atomic mass is 19.2. The van der Waals surface area contributed by atoms with Gasteiger partial charge in [0.15, 0.2) is 5.83 Å². The van der Waals surface area contributed by atoms with Crippen molar-refractivity contribution in [2.75, 3.05) is 0 Å². The fraction of sp³-hybridized carbons (Fsp3) is 0.333. The maximum Gasteiger partial charge on any atom is 0.153 e. The second-order valence-electron chi connectivity index (χ2n) is 1.38. The van der Waals surface area contributed by atoms with Crippen LogP contribution in [0.1, 0.15) is 13.8 Å². The summed E-state index contributed by atoms with van der Waals surface area (Å²) in [7, 11) is 0. The molecule has 0 aromatic heterocycles. The summed E-state index contributed by atoms with van der Waals surface area (Å²) < 4.78 is 23.7. The van der Waals surface area contributed by atoms with Gasteiger partial charge in [-0.15, -0.1) is 0 Å². The first-order chi connectivity index (χ1) is 3.68. The molecule has 0 aromatic rings. The van der Waals surface area contributed by atoms with Crippen LogP contribution >= 0.6 is 0 Å². The predicted molar refractivity (Wildman–Crippen MR) is 29.7 cm³/mol. The minimum absolute atomic E-state index is 0.775. The summed E-state index contributed by atoms with van der Waals surface area (Å²) in [4.78, 5) is 0. The zero-order valence-corrected chi connectivity index (χ0v) is 4.91. The number of halogens is 2. The number of hydrogen-bond donors (Lipinski definition) is 0. The van der Waals surface area contributed by atoms with Gasteiger partial charge in [-0.2, -0.15) is 0 Å². The van der Waals surface area contributed by atoms with Gasteiger partial charge in [0.2, 0.25) is 0 Å². The molecule has 0 spiro atoms. The van der Waals surface area contributed by atoms with Gasteiger partial charge < -0.3 is 0 Å². The molecule has 0 amide bonds. The van der Waals surface area contributed by atoms with Crippen molar-refractivity contribution in [2.24, 2.45) is 0 Å². The van der Waals surface area contributed by atoms with Gasteiger partial charge in [0.05, 0.1) is 0 Å². The lowest BCUT2D eigenvalue weighted by Crippen LogP contribution is -1.66. The van der Waals surface area contributed by atoms with E-state index in [1.165, 1.54) is 6.08 Å². The summed E-state index contributed by atoms with van der Waals surface area (Å²) in [5.74, 6) is -1.57. The average Bonchev–Trinajstić information content (AvgIpc) is 1.67. The zero-order chi connectivity index (χ0) is 6.57. The monoisotopic (exact) mass is 118 g/mol. The smallest absolute Gasteiger partial charge is 0.153 e. The third-order valence-corrected chi connectivity index (χ3v) is 0.642. The van der Waals surface area contributed by atoms with Crippen LogP contribution in [0.4, 0.5) is 8.78 Å². The van der Waals surface area contributed by atoms with E-state index in [4.69, 9.17) is 0 Å². The standard InChI is InChI=1S/C6H8F2/c1-3-4-6(8)5(2)7/h3-4H,1-2H3/b4-3-,6-5-. The number of rotatable bonds is 1. The van der Waals surface area contributed by atoms with E-state index in [2.05, 4.69) is 0 Å². The Morgan fingerprint density at radius 1 is 1.38 bits per heavy atom. The van der Waals surface area contributed by atoms with Crippen LogP contribution in [0.15, 0.2) is 23.8 Å². The molecule has 0 unspecified atom stereocenters. The maximum absolute atomic E-state index is 11.9. The Kier molecular flexibility index (Phi) is 3.08. The largest absolute Gasteiger partial charge is 0.209 e. The van der Waals surface area contributed by atoms with E-state index in [0.29, 0.717) is 0 Å². The molecular weight excluding hydrogens is 110 g/mol. The Morgan fingerprint density at radius 2 is 1.88 bits per heavy atom. The molecule has 0 nitrogen and oxygen atoms in total. The number of hydrogen-bond acceptors (Lipinski definition) is 0. The van der Waals surface area contributed by atoms with E-state index >= 15 is 0 Å². The predicted octanol–water partition coefficient (Wildman–Crippen LogP) is 2.73. The first-order valence-electron chi connectivity index (χ1n) is 2.33. The topological polar surface area (TPSA) is 0 Å². The molecule has 0 aromatic carbocycles. The summed E-state index contributed by atoms with van der Waals surface area (Å²) in [6.45, 7) is 2.71. The SMILES string of the molecule is C/C=C\C(F)=C(/C)F. The third-order valence-electron chi connectivity index (χ3n) is 0.642. The Bertz CT molecular complexity index is 118. The van der Waals surface area contributed by atoms with Gasteiger partial charge >= 0.3 is 0 Å². The molecule has 0 aliphatic carbocycles. The average molecular weight is 118 g/mol. The van der Waals surface area contributed by atoms with Crippen LogP contribution in [0.5, 0.6) is 0 Å². The Labute approximate surface area is 47.5 Å². The third kappa shape index (κ3) is 2.50. The van der Waals surface area contributed by atoms with Crippen molar-refractivity contribution in [1.29, 1.82) is 0 Å². The van der Waals surface area contributed by atoms with Crippen LogP contribution in [0, 0.1) is 0 Å². The summed E-state index contributed by atoms with van der Waals surface area (Å²) in [6, 6.07) is 0. The first-order valence-corrected chi connectivity index (χ1v) is 2.33. The molecule has 0 bridgehead atoms. The van der Waals surface area contributed by atoms with E-state index in [1.54, 1.807) is 6.92 Å². The van der Waals surface area contributed by atoms with Gasteiger partial charge in [-0.3, -0.25) is 0 Å². The molecule has 46 valence electrons. The Hall–Kier alpha value is -0.660. The molecule has 0 aliphatic heterocycles. The van der Waals surface area contributed by atoms with E-state index in [0.717, 1.165) is 13.0 Å². The van der Waals surface area contributed by atoms with Crippen molar-refractivity contribution in [3.05, 3.63) is 23.8 Å². The fourth-order valence-electron chi connectivity index (χ4n) is 0.261. The maximum atomic E-state index is 11.9. The van der Waals surface area contributed by atoms with E-state index < -0.39 is 11.7 Å². The minimum atomic E-state index is -0.799. The van der Waals surface area contributed by atoms with E-state index in [-0.39, 0.29) is 0 Å². The highest BCUT2D eigenvalue weighted by molar-refractivity contribution is 5.12. The first kappa shape index (κ1) is 7.34. The summed E-state index contributed by atoms with van der Waals surface area (Å²) in [5.41, 5.74) is 0. The Balaban J connectivity index is 4.00. The molecule has 0 heterocycles. The summed E-state index contributed by atoms with van der Waals surface area (Å²) in [5, 5.41) is 0. The van der Waals surface area contributed by atoms with Gasteiger partial charge in [-0.1, -0.05) is 6.08 Å². The second kappa shape index (κ2) is 3.36. The molecule has 0 radical (unpaired) electrons. The molecule has 0 N–H and O–H groups in total. The lowest BCUT2D eigenvalue weighted by Gasteiger charge is -1.82. The normalized spacial score (nSPS) is 14.5. The summed E-state index contributed by atoms with van der Waals surface area (Å²) in [6.07, 6.45) is 2.52. The van der Waals surface area contributed by atoms with Crippen molar-refractivity contribution < 1.29 is 8.78 Å². The molecule has 2 heteroatoms. The van der Waals surface area contributed by atoms with Crippen molar-refractivity contribution in [3.63, 3.8) is 0 Å². The summed E-state index contributed by atoms with van der Waals surface area (Å²) >= 11 is 0. The molecular formula is C6H8F2. The van der Waals surface area contributed by atoms with Gasteiger partial charge in [-0.05, 0) is 19.9 Å². The molecule has 0 saturated heterocycles.